The molecule has 0 spiro atoms. The molecule has 4 aliphatic rings. The Kier molecular flexibility index (Phi) is 19.9. The van der Waals surface area contributed by atoms with Gasteiger partial charge in [-0.05, 0) is 51.0 Å². The first kappa shape index (κ1) is 56.7. The molecule has 1 aromatic carbocycles. The van der Waals surface area contributed by atoms with E-state index in [0.29, 0.717) is 17.9 Å². The van der Waals surface area contributed by atoms with E-state index in [1.807, 2.05) is 6.92 Å². The van der Waals surface area contributed by atoms with E-state index in [1.165, 1.54) is 51.1 Å². The van der Waals surface area contributed by atoms with Crippen molar-refractivity contribution in [1.82, 2.24) is 20.4 Å². The molecule has 4 N–H and O–H groups in total. The maximum atomic E-state index is 14.3. The Labute approximate surface area is 422 Å². The van der Waals surface area contributed by atoms with Crippen LogP contribution in [-0.4, -0.2) is 175 Å². The number of ketones is 1. The van der Waals surface area contributed by atoms with Gasteiger partial charge in [-0.2, -0.15) is 0 Å². The number of likely N-dealkylation sites (N-methyl/N-ethyl adjacent to an activating group) is 2. The minimum Gasteiger partial charge on any atom is -0.495 e. The molecule has 5 rings (SSSR count). The van der Waals surface area contributed by atoms with Gasteiger partial charge in [0.05, 0.1) is 45.1 Å². The number of alkyl carbamates (subject to hydrolysis) is 1. The second-order valence-electron chi connectivity index (χ2n) is 18.2. The summed E-state index contributed by atoms with van der Waals surface area (Å²) in [6.45, 7) is 8.46. The number of Topliss-reactive ketones (excluding diaryl/α,β-unsaturated/α-hetero) is 1. The quantitative estimate of drug-likeness (QED) is 0.0941. The average molecular weight is 1040 g/mol. The summed E-state index contributed by atoms with van der Waals surface area (Å²) in [5.41, 5.74) is -1.63. The SMILES string of the molecule is CCC(=O)C(CN(C)C(=O)OC1/C=C/COCOC1)NC(=O)SCCC(=O)N(C)[C@@H](C)C(=O)O[C@H]1CC(=O)N(C)c2cc(cc(OC)c2Cl)C/C(C)=C/C=C/[C@@H](O)[C@@]2(O)C[C@H](OC(=O)N2)[C@@H](C)[C@@H]2O[C@@]12C. The number of epoxide rings is 1. The van der Waals surface area contributed by atoms with Crippen LogP contribution in [0.2, 0.25) is 5.02 Å². The number of nitrogens with zero attached hydrogens (tertiary/aromatic N) is 3. The number of aliphatic hydroxyl groups excluding tert-OH is 1. The Morgan fingerprint density at radius 2 is 1.86 bits per heavy atom. The standard InChI is InChI=1S/C48H66ClN5O16S/c1-10-34(55)32(24-52(6)46(62)67-31-14-12-17-65-26-66-25-31)50-45(61)71-18-16-39(57)53(7)29(4)43(59)69-38-22-40(58)54(8)33-20-30(21-35(64-9)41(33)49)19-27(2)13-11-15-37(56)48(63)23-36(68-44(60)51-48)28(3)42-47(38,5)70-42/h11-15,20-21,28-29,31-32,36-38,42,56,63H,10,16-19,22-26H2,1-9H3,(H,50,61)(H,51,60)/b14-12+,15-11+,27-13+/t28-,29+,31?,32?,36+,37-,38+,42+,47+,48+/m1/s1. The number of allylic oxidation sites excluding steroid dienone is 3. The number of hydrogen-bond donors (Lipinski definition) is 4. The van der Waals surface area contributed by atoms with E-state index in [2.05, 4.69) is 10.6 Å². The van der Waals surface area contributed by atoms with Gasteiger partial charge < -0.3 is 63.4 Å². The van der Waals surface area contributed by atoms with E-state index < -0.39 is 101 Å². The van der Waals surface area contributed by atoms with Gasteiger partial charge in [0.2, 0.25) is 11.8 Å². The number of anilines is 1. The molecule has 1 aromatic rings. The summed E-state index contributed by atoms with van der Waals surface area (Å²) in [6.07, 6.45) is 0.494. The van der Waals surface area contributed by atoms with Crippen LogP contribution >= 0.6 is 23.4 Å². The van der Waals surface area contributed by atoms with Crippen molar-refractivity contribution in [3.8, 4) is 5.75 Å². The number of halogens is 1. The lowest BCUT2D eigenvalue weighted by Crippen LogP contribution is -2.63. The Morgan fingerprint density at radius 3 is 2.56 bits per heavy atom. The maximum Gasteiger partial charge on any atom is 0.410 e. The van der Waals surface area contributed by atoms with Gasteiger partial charge in [-0.1, -0.05) is 67.1 Å². The highest BCUT2D eigenvalue weighted by Crippen LogP contribution is 2.49. The van der Waals surface area contributed by atoms with Gasteiger partial charge in [-0.15, -0.1) is 0 Å². The first-order valence-electron chi connectivity index (χ1n) is 23.2. The van der Waals surface area contributed by atoms with Crippen LogP contribution in [0.15, 0.2) is 48.1 Å². The van der Waals surface area contributed by atoms with Gasteiger partial charge in [0.15, 0.2) is 11.5 Å². The molecule has 0 aromatic heterocycles. The molecule has 0 radical (unpaired) electrons. The van der Waals surface area contributed by atoms with E-state index in [0.717, 1.165) is 27.8 Å². The summed E-state index contributed by atoms with van der Waals surface area (Å²) in [4.78, 5) is 97.0. The number of carbonyl (C=O) groups is 7. The van der Waals surface area contributed by atoms with Crippen LogP contribution < -0.4 is 20.3 Å². The molecule has 21 nitrogen and oxygen atoms in total. The van der Waals surface area contributed by atoms with Crippen molar-refractivity contribution >= 4 is 70.0 Å². The van der Waals surface area contributed by atoms with Gasteiger partial charge in [-0.3, -0.25) is 24.5 Å². The third-order valence-corrected chi connectivity index (χ3v) is 14.1. The van der Waals surface area contributed by atoms with Crippen LogP contribution in [0.1, 0.15) is 65.9 Å². The minimum atomic E-state index is -2.12. The number of methoxy groups -OCH3 is 1. The van der Waals surface area contributed by atoms with E-state index >= 15 is 0 Å². The number of fused-ring (bicyclic) bond motifs is 5. The van der Waals surface area contributed by atoms with Gasteiger partial charge in [0, 0.05) is 52.1 Å². The highest BCUT2D eigenvalue weighted by atomic mass is 35.5. The van der Waals surface area contributed by atoms with Crippen molar-refractivity contribution in [1.29, 1.82) is 0 Å². The molecular formula is C48H66ClN5O16S. The molecule has 5 amide bonds. The van der Waals surface area contributed by atoms with Crippen molar-refractivity contribution in [3.05, 3.63) is 58.7 Å². The molecule has 2 saturated heterocycles. The van der Waals surface area contributed by atoms with E-state index in [9.17, 15) is 43.8 Å². The molecule has 0 aliphatic carbocycles. The van der Waals surface area contributed by atoms with Crippen molar-refractivity contribution in [2.75, 3.05) is 65.5 Å². The zero-order valence-corrected chi connectivity index (χ0v) is 43.0. The Morgan fingerprint density at radius 1 is 1.13 bits per heavy atom. The topological polar surface area (TPSA) is 262 Å². The fraction of sp³-hybridized carbons (Fsp3) is 0.604. The molecule has 10 atom stereocenters. The second-order valence-corrected chi connectivity index (χ2v) is 19.6. The number of esters is 1. The summed E-state index contributed by atoms with van der Waals surface area (Å²) in [6, 6.07) is 1.18. The first-order valence-corrected chi connectivity index (χ1v) is 24.6. The predicted molar refractivity (Wildman–Crippen MR) is 260 cm³/mol. The van der Waals surface area contributed by atoms with Gasteiger partial charge in [-0.25, -0.2) is 14.4 Å². The van der Waals surface area contributed by atoms with E-state index in [4.69, 9.17) is 44.8 Å². The summed E-state index contributed by atoms with van der Waals surface area (Å²) in [5, 5.41) is 27.1. The smallest absolute Gasteiger partial charge is 0.410 e. The lowest BCUT2D eigenvalue weighted by Gasteiger charge is -2.41. The molecule has 23 heteroatoms. The minimum absolute atomic E-state index is 0.0392. The summed E-state index contributed by atoms with van der Waals surface area (Å²) < 4.78 is 39.4. The lowest BCUT2D eigenvalue weighted by atomic mass is 9.83. The predicted octanol–water partition coefficient (Wildman–Crippen LogP) is 4.04. The monoisotopic (exact) mass is 1040 g/mol. The second kappa shape index (κ2) is 24.9. The molecule has 2 fully saturated rings. The number of benzene rings is 1. The van der Waals surface area contributed by atoms with Crippen molar-refractivity contribution in [2.24, 2.45) is 5.92 Å². The van der Waals surface area contributed by atoms with Gasteiger partial charge >= 0.3 is 18.2 Å². The number of hydrogen-bond acceptors (Lipinski definition) is 17. The van der Waals surface area contributed by atoms with Crippen LogP contribution in [0.4, 0.5) is 20.1 Å². The summed E-state index contributed by atoms with van der Waals surface area (Å²) >= 11 is 7.51. The van der Waals surface area contributed by atoms with Crippen molar-refractivity contribution in [2.45, 2.75) is 121 Å². The highest BCUT2D eigenvalue weighted by Gasteiger charge is 2.64. The molecule has 0 saturated carbocycles. The van der Waals surface area contributed by atoms with Crippen LogP contribution in [0.5, 0.6) is 5.75 Å². The van der Waals surface area contributed by atoms with E-state index in [1.54, 1.807) is 57.2 Å². The Bertz CT molecular complexity index is 2250. The number of ether oxygens (including phenoxy) is 7. The van der Waals surface area contributed by atoms with Gasteiger partial charge in [0.25, 0.3) is 5.24 Å². The number of aliphatic hydroxyl groups is 2. The Hall–Kier alpha value is -5.23. The highest BCUT2D eigenvalue weighted by molar-refractivity contribution is 8.13. The molecule has 71 heavy (non-hydrogen) atoms. The Balaban J connectivity index is 1.27. The largest absolute Gasteiger partial charge is 0.495 e. The molecule has 4 bridgehead atoms. The number of nitrogens with one attached hydrogen (secondary N) is 2. The third kappa shape index (κ3) is 14.7. The fourth-order valence-corrected chi connectivity index (χ4v) is 9.27. The first-order chi connectivity index (χ1) is 33.5. The normalized spacial score (nSPS) is 29.4. The fourth-order valence-electron chi connectivity index (χ4n) is 8.27. The van der Waals surface area contributed by atoms with Crippen LogP contribution in [-0.2, 0) is 54.0 Å². The number of thioether (sulfide) groups is 1. The van der Waals surface area contributed by atoms with Crippen molar-refractivity contribution < 1.29 is 76.9 Å². The number of amides is 5. The van der Waals surface area contributed by atoms with Crippen LogP contribution in [0, 0.1) is 5.92 Å². The third-order valence-electron chi connectivity index (χ3n) is 12.9. The zero-order valence-electron chi connectivity index (χ0n) is 41.5. The molecular weight excluding hydrogens is 970 g/mol. The van der Waals surface area contributed by atoms with Crippen LogP contribution in [0.3, 0.4) is 0 Å². The van der Waals surface area contributed by atoms with Gasteiger partial charge in [0.1, 0.15) is 59.7 Å². The molecule has 4 heterocycles. The molecule has 4 aliphatic heterocycles. The maximum absolute atomic E-state index is 14.3. The average Bonchev–Trinajstić information content (AvgIpc) is 4.02. The summed E-state index contributed by atoms with van der Waals surface area (Å²) in [5.74, 6) is -2.68. The molecule has 2 unspecified atom stereocenters. The lowest BCUT2D eigenvalue weighted by molar-refractivity contribution is -0.162. The van der Waals surface area contributed by atoms with E-state index in [-0.39, 0.29) is 62.4 Å². The number of rotatable bonds is 13. The summed E-state index contributed by atoms with van der Waals surface area (Å²) in [7, 11) is 5.77. The zero-order chi connectivity index (χ0) is 52.4. The van der Waals surface area contributed by atoms with Crippen molar-refractivity contribution in [3.63, 3.8) is 0 Å². The molecule has 392 valence electrons. The number of carbonyl (C=O) groups excluding carboxylic acids is 7. The van der Waals surface area contributed by atoms with Crippen LogP contribution in [0.25, 0.3) is 0 Å².